The van der Waals surface area contributed by atoms with E-state index in [2.05, 4.69) is 18.0 Å². The van der Waals surface area contributed by atoms with Gasteiger partial charge in [-0.25, -0.2) is 4.79 Å². The van der Waals surface area contributed by atoms with Crippen LogP contribution >= 0.6 is 0 Å². The number of hydrogen-bond donors (Lipinski definition) is 1. The lowest BCUT2D eigenvalue weighted by Gasteiger charge is -2.24. The molecule has 1 aromatic rings. The second-order valence-electron chi connectivity index (χ2n) is 6.98. The van der Waals surface area contributed by atoms with Crippen LogP contribution in [0, 0.1) is 0 Å². The van der Waals surface area contributed by atoms with E-state index in [1.165, 1.54) is 6.08 Å². The summed E-state index contributed by atoms with van der Waals surface area (Å²) >= 11 is 0. The van der Waals surface area contributed by atoms with E-state index < -0.39 is 17.6 Å². The average molecular weight is 339 g/mol. The summed E-state index contributed by atoms with van der Waals surface area (Å²) in [5, 5.41) is 4.89. The summed E-state index contributed by atoms with van der Waals surface area (Å²) in [6, 6.07) is 5.83. The highest BCUT2D eigenvalue weighted by Gasteiger charge is 2.35. The molecule has 1 aliphatic rings. The van der Waals surface area contributed by atoms with Gasteiger partial charge in [-0.2, -0.15) is 0 Å². The molecular weight excluding hydrogens is 314 g/mol. The maximum atomic E-state index is 12.6. The SMILES string of the molecule is C=CC/C=c1/cccc(C2=CC(=O)OC2C(=O)NC(C)(C)C)/c1=C/C. The monoisotopic (exact) mass is 339 g/mol. The van der Waals surface area contributed by atoms with Gasteiger partial charge >= 0.3 is 5.97 Å². The molecule has 0 aromatic heterocycles. The molecule has 1 unspecified atom stereocenters. The number of allylic oxidation sites excluding steroid dienone is 1. The molecule has 2 rings (SSSR count). The highest BCUT2D eigenvalue weighted by molar-refractivity contribution is 6.07. The normalized spacial score (nSPS) is 18.8. The molecule has 0 saturated carbocycles. The van der Waals surface area contributed by atoms with Crippen LogP contribution in [0.1, 0.15) is 39.7 Å². The van der Waals surface area contributed by atoms with Crippen molar-refractivity contribution in [2.75, 3.05) is 0 Å². The number of esters is 1. The fourth-order valence-corrected chi connectivity index (χ4v) is 2.81. The minimum absolute atomic E-state index is 0.313. The van der Waals surface area contributed by atoms with E-state index >= 15 is 0 Å². The van der Waals surface area contributed by atoms with Crippen molar-refractivity contribution < 1.29 is 14.3 Å². The van der Waals surface area contributed by atoms with Crippen LogP contribution in [0.5, 0.6) is 0 Å². The number of amides is 1. The van der Waals surface area contributed by atoms with Gasteiger partial charge in [-0.1, -0.05) is 36.4 Å². The van der Waals surface area contributed by atoms with Crippen LogP contribution in [0.3, 0.4) is 0 Å². The molecule has 1 N–H and O–H groups in total. The lowest BCUT2D eigenvalue weighted by Crippen LogP contribution is -2.46. The maximum Gasteiger partial charge on any atom is 0.332 e. The van der Waals surface area contributed by atoms with Crippen molar-refractivity contribution in [1.82, 2.24) is 5.32 Å². The Morgan fingerprint density at radius 1 is 1.36 bits per heavy atom. The molecule has 0 saturated heterocycles. The fourth-order valence-electron chi connectivity index (χ4n) is 2.81. The van der Waals surface area contributed by atoms with E-state index in [1.54, 1.807) is 0 Å². The fraction of sp³-hybridized carbons (Fsp3) is 0.333. The summed E-state index contributed by atoms with van der Waals surface area (Å²) in [7, 11) is 0. The van der Waals surface area contributed by atoms with E-state index in [4.69, 9.17) is 4.74 Å². The van der Waals surface area contributed by atoms with Gasteiger partial charge in [0.25, 0.3) is 5.91 Å². The number of ether oxygens (including phenoxy) is 1. The Labute approximate surface area is 148 Å². The molecule has 0 radical (unpaired) electrons. The van der Waals surface area contributed by atoms with Gasteiger partial charge in [0, 0.05) is 17.2 Å². The third kappa shape index (κ3) is 4.47. The third-order valence-corrected chi connectivity index (χ3v) is 3.77. The van der Waals surface area contributed by atoms with Crippen molar-refractivity contribution in [3.63, 3.8) is 0 Å². The van der Waals surface area contributed by atoms with Crippen molar-refractivity contribution in [3.05, 3.63) is 52.9 Å². The zero-order valence-corrected chi connectivity index (χ0v) is 15.3. The Bertz CT molecular complexity index is 841. The Kier molecular flexibility index (Phi) is 5.62. The molecule has 1 aromatic carbocycles. The minimum atomic E-state index is -0.930. The number of nitrogens with one attached hydrogen (secondary N) is 1. The first kappa shape index (κ1) is 18.7. The molecule has 1 heterocycles. The summed E-state index contributed by atoms with van der Waals surface area (Å²) in [6.45, 7) is 11.3. The second-order valence-corrected chi connectivity index (χ2v) is 6.98. The number of rotatable bonds is 4. The topological polar surface area (TPSA) is 55.4 Å². The molecule has 1 amide bonds. The van der Waals surface area contributed by atoms with Gasteiger partial charge in [0.05, 0.1) is 0 Å². The Morgan fingerprint density at radius 2 is 2.08 bits per heavy atom. The van der Waals surface area contributed by atoms with Crippen molar-refractivity contribution in [2.45, 2.75) is 45.8 Å². The molecule has 0 fully saturated rings. The molecule has 132 valence electrons. The molecular formula is C21H25NO3. The van der Waals surface area contributed by atoms with Gasteiger partial charge in [0.15, 0.2) is 0 Å². The van der Waals surface area contributed by atoms with Gasteiger partial charge < -0.3 is 10.1 Å². The third-order valence-electron chi connectivity index (χ3n) is 3.77. The first-order chi connectivity index (χ1) is 11.8. The standard InChI is InChI=1S/C21H25NO3/c1-6-8-10-14-11-9-12-16(15(14)7-2)17-13-18(23)25-19(17)20(24)22-21(3,4)5/h6-7,9-13,19H,1,8H2,2-5H3,(H,22,24)/b14-10-,15-7+. The zero-order valence-electron chi connectivity index (χ0n) is 15.3. The maximum absolute atomic E-state index is 12.6. The summed E-state index contributed by atoms with van der Waals surface area (Å²) < 4.78 is 5.27. The molecule has 0 bridgehead atoms. The van der Waals surface area contributed by atoms with Crippen LogP contribution in [0.25, 0.3) is 17.7 Å². The zero-order chi connectivity index (χ0) is 18.6. The summed E-state index contributed by atoms with van der Waals surface area (Å²) in [5.74, 6) is -0.807. The number of hydrogen-bond acceptors (Lipinski definition) is 3. The Morgan fingerprint density at radius 3 is 2.68 bits per heavy atom. The van der Waals surface area contributed by atoms with Crippen molar-refractivity contribution in [3.8, 4) is 0 Å². The second kappa shape index (κ2) is 7.51. The first-order valence-electron chi connectivity index (χ1n) is 8.38. The number of carbonyl (C=O) groups excluding carboxylic acids is 2. The van der Waals surface area contributed by atoms with E-state index in [1.807, 2.05) is 58.0 Å². The molecule has 4 heteroatoms. The van der Waals surface area contributed by atoms with Crippen molar-refractivity contribution >= 4 is 29.6 Å². The minimum Gasteiger partial charge on any atom is -0.444 e. The van der Waals surface area contributed by atoms with Crippen LogP contribution < -0.4 is 15.8 Å². The van der Waals surface area contributed by atoms with Gasteiger partial charge in [0.1, 0.15) is 0 Å². The van der Waals surface area contributed by atoms with E-state index in [-0.39, 0.29) is 5.91 Å². The van der Waals surface area contributed by atoms with Gasteiger partial charge in [-0.05, 0) is 50.1 Å². The molecule has 1 atom stereocenters. The summed E-state index contributed by atoms with van der Waals surface area (Å²) in [4.78, 5) is 24.4. The highest BCUT2D eigenvalue weighted by Crippen LogP contribution is 2.24. The Balaban J connectivity index is 2.52. The number of benzene rings is 1. The predicted molar refractivity (Wildman–Crippen MR) is 101 cm³/mol. The van der Waals surface area contributed by atoms with Gasteiger partial charge in [-0.15, -0.1) is 6.58 Å². The molecule has 1 aliphatic heterocycles. The number of carbonyl (C=O) groups is 2. The predicted octanol–water partition coefficient (Wildman–Crippen LogP) is 2.07. The highest BCUT2D eigenvalue weighted by atomic mass is 16.6. The van der Waals surface area contributed by atoms with E-state index in [9.17, 15) is 9.59 Å². The largest absolute Gasteiger partial charge is 0.444 e. The van der Waals surface area contributed by atoms with Crippen molar-refractivity contribution in [1.29, 1.82) is 0 Å². The summed E-state index contributed by atoms with van der Waals surface area (Å²) in [6.07, 6.45) is 7.09. The molecule has 4 nitrogen and oxygen atoms in total. The van der Waals surface area contributed by atoms with Crippen LogP contribution in [0.15, 0.2) is 36.9 Å². The molecule has 0 aliphatic carbocycles. The van der Waals surface area contributed by atoms with Crippen LogP contribution in [-0.4, -0.2) is 23.5 Å². The average Bonchev–Trinajstić information content (AvgIpc) is 2.92. The molecule has 0 spiro atoms. The quantitative estimate of drug-likeness (QED) is 0.675. The first-order valence-corrected chi connectivity index (χ1v) is 8.38. The molecule has 25 heavy (non-hydrogen) atoms. The Hall–Kier alpha value is -2.62. The van der Waals surface area contributed by atoms with Gasteiger partial charge in [-0.3, -0.25) is 4.79 Å². The van der Waals surface area contributed by atoms with Crippen LogP contribution in [-0.2, 0) is 14.3 Å². The van der Waals surface area contributed by atoms with Gasteiger partial charge in [0.2, 0.25) is 6.10 Å². The smallest absolute Gasteiger partial charge is 0.332 e. The van der Waals surface area contributed by atoms with Crippen LogP contribution in [0.2, 0.25) is 0 Å². The van der Waals surface area contributed by atoms with E-state index in [0.29, 0.717) is 5.57 Å². The number of cyclic esters (lactones) is 1. The summed E-state index contributed by atoms with van der Waals surface area (Å²) in [5.41, 5.74) is 1.02. The lowest BCUT2D eigenvalue weighted by molar-refractivity contribution is -0.146. The lowest BCUT2D eigenvalue weighted by atomic mass is 9.96. The van der Waals surface area contributed by atoms with E-state index in [0.717, 1.165) is 22.4 Å². The van der Waals surface area contributed by atoms with Crippen molar-refractivity contribution in [2.24, 2.45) is 0 Å². The van der Waals surface area contributed by atoms with Crippen LogP contribution in [0.4, 0.5) is 0 Å².